The summed E-state index contributed by atoms with van der Waals surface area (Å²) in [5.74, 6) is -1.09. The molecule has 0 radical (unpaired) electrons. The fourth-order valence-electron chi connectivity index (χ4n) is 2.23. The lowest BCUT2D eigenvalue weighted by Gasteiger charge is -2.27. The molecule has 0 bridgehead atoms. The van der Waals surface area contributed by atoms with Crippen molar-refractivity contribution in [3.05, 3.63) is 53.8 Å². The molecule has 23 heavy (non-hydrogen) atoms. The van der Waals surface area contributed by atoms with Gasteiger partial charge in [0.05, 0.1) is 5.69 Å². The number of sulfonamides is 1. The summed E-state index contributed by atoms with van der Waals surface area (Å²) in [4.78, 5) is 12.3. The molecule has 3 rings (SSSR count). The molecule has 8 heteroatoms. The molecule has 0 spiro atoms. The minimum atomic E-state index is -3.79. The van der Waals surface area contributed by atoms with E-state index in [1.807, 2.05) is 0 Å². The largest absolute Gasteiger partial charge is 0.360 e. The van der Waals surface area contributed by atoms with Crippen LogP contribution in [0.15, 0.2) is 47.4 Å². The van der Waals surface area contributed by atoms with Gasteiger partial charge in [-0.3, -0.25) is 4.79 Å². The van der Waals surface area contributed by atoms with Crippen LogP contribution in [-0.4, -0.2) is 20.5 Å². The highest BCUT2D eigenvalue weighted by Crippen LogP contribution is 2.25. The molecule has 2 aromatic carbocycles. The van der Waals surface area contributed by atoms with Crippen LogP contribution in [0.25, 0.3) is 0 Å². The zero-order valence-corrected chi connectivity index (χ0v) is 12.9. The van der Waals surface area contributed by atoms with Gasteiger partial charge in [-0.2, -0.15) is 4.72 Å². The van der Waals surface area contributed by atoms with Gasteiger partial charge >= 0.3 is 0 Å². The average Bonchev–Trinajstić information content (AvgIpc) is 2.50. The van der Waals surface area contributed by atoms with Crippen LogP contribution in [0, 0.1) is 12.7 Å². The molecule has 6 nitrogen and oxygen atoms in total. The van der Waals surface area contributed by atoms with Crippen molar-refractivity contribution in [1.29, 1.82) is 0 Å². The molecule has 0 saturated carbocycles. The van der Waals surface area contributed by atoms with Crippen molar-refractivity contribution in [1.82, 2.24) is 4.72 Å². The van der Waals surface area contributed by atoms with Gasteiger partial charge in [-0.15, -0.1) is 0 Å². The molecule has 0 unspecified atom stereocenters. The van der Waals surface area contributed by atoms with Crippen molar-refractivity contribution in [3.8, 4) is 0 Å². The first-order valence-corrected chi connectivity index (χ1v) is 8.30. The molecule has 120 valence electrons. The SMILES string of the molecule is Cc1ccc(NC(=O)[C@@H]2Nc3ccccc3S(=O)(=O)N2)cc1F. The zero-order chi connectivity index (χ0) is 16.6. The average molecular weight is 335 g/mol. The fourth-order valence-corrected chi connectivity index (χ4v) is 3.51. The van der Waals surface area contributed by atoms with Gasteiger partial charge in [0.1, 0.15) is 10.7 Å². The third-order valence-corrected chi connectivity index (χ3v) is 4.93. The van der Waals surface area contributed by atoms with Crippen LogP contribution < -0.4 is 15.4 Å². The summed E-state index contributed by atoms with van der Waals surface area (Å²) < 4.78 is 40.1. The van der Waals surface area contributed by atoms with Gasteiger partial charge < -0.3 is 10.6 Å². The van der Waals surface area contributed by atoms with Crippen molar-refractivity contribution in [2.45, 2.75) is 18.0 Å². The molecule has 0 saturated heterocycles. The number of carbonyl (C=O) groups is 1. The van der Waals surface area contributed by atoms with Crippen LogP contribution in [-0.2, 0) is 14.8 Å². The molecule has 2 aromatic rings. The van der Waals surface area contributed by atoms with E-state index in [-0.39, 0.29) is 10.6 Å². The molecule has 1 aliphatic rings. The summed E-state index contributed by atoms with van der Waals surface area (Å²) in [7, 11) is -3.79. The maximum absolute atomic E-state index is 13.5. The second-order valence-electron chi connectivity index (χ2n) is 5.15. The van der Waals surface area contributed by atoms with Gasteiger partial charge in [-0.25, -0.2) is 12.8 Å². The molecular formula is C15H14FN3O3S. The second kappa shape index (κ2) is 5.64. The van der Waals surface area contributed by atoms with E-state index in [1.165, 1.54) is 18.2 Å². The number of halogens is 1. The Bertz CT molecular complexity index is 883. The number of nitrogens with one attached hydrogen (secondary N) is 3. The number of para-hydroxylation sites is 1. The molecule has 1 aliphatic heterocycles. The maximum atomic E-state index is 13.5. The van der Waals surface area contributed by atoms with E-state index >= 15 is 0 Å². The molecule has 1 atom stereocenters. The Morgan fingerprint density at radius 3 is 2.70 bits per heavy atom. The van der Waals surface area contributed by atoms with Crippen molar-refractivity contribution >= 4 is 27.3 Å². The number of hydrogen-bond acceptors (Lipinski definition) is 4. The quantitative estimate of drug-likeness (QED) is 0.781. The van der Waals surface area contributed by atoms with Gasteiger partial charge in [0.2, 0.25) is 10.0 Å². The van der Waals surface area contributed by atoms with Gasteiger partial charge in [-0.05, 0) is 36.8 Å². The monoisotopic (exact) mass is 335 g/mol. The Balaban J connectivity index is 1.83. The third-order valence-electron chi connectivity index (χ3n) is 3.45. The molecule has 3 N–H and O–H groups in total. The van der Waals surface area contributed by atoms with E-state index in [0.717, 1.165) is 0 Å². The van der Waals surface area contributed by atoms with E-state index in [9.17, 15) is 17.6 Å². The van der Waals surface area contributed by atoms with Gasteiger partial charge in [0.25, 0.3) is 5.91 Å². The highest BCUT2D eigenvalue weighted by atomic mass is 32.2. The lowest BCUT2D eigenvalue weighted by Crippen LogP contribution is -2.51. The second-order valence-corrected chi connectivity index (χ2v) is 6.83. The third kappa shape index (κ3) is 3.03. The molecular weight excluding hydrogens is 321 g/mol. The van der Waals surface area contributed by atoms with Crippen molar-refractivity contribution < 1.29 is 17.6 Å². The molecule has 1 amide bonds. The number of benzene rings is 2. The lowest BCUT2D eigenvalue weighted by molar-refractivity contribution is -0.117. The summed E-state index contributed by atoms with van der Waals surface area (Å²) in [6, 6.07) is 10.5. The molecule has 0 aromatic heterocycles. The minimum absolute atomic E-state index is 0.0745. The number of aryl methyl sites for hydroxylation is 1. The van der Waals surface area contributed by atoms with Crippen LogP contribution in [0.5, 0.6) is 0 Å². The smallest absolute Gasteiger partial charge is 0.262 e. The normalized spacial score (nSPS) is 18.6. The van der Waals surface area contributed by atoms with Gasteiger partial charge in [0.15, 0.2) is 6.17 Å². The summed E-state index contributed by atoms with van der Waals surface area (Å²) >= 11 is 0. The zero-order valence-electron chi connectivity index (χ0n) is 12.1. The van der Waals surface area contributed by atoms with E-state index in [1.54, 1.807) is 31.2 Å². The number of hydrogen-bond donors (Lipinski definition) is 3. The fraction of sp³-hybridized carbons (Fsp3) is 0.133. The molecule has 0 fully saturated rings. The van der Waals surface area contributed by atoms with E-state index in [0.29, 0.717) is 11.3 Å². The minimum Gasteiger partial charge on any atom is -0.360 e. The summed E-state index contributed by atoms with van der Waals surface area (Å²) in [5, 5.41) is 5.28. The van der Waals surface area contributed by atoms with Crippen LogP contribution in [0.1, 0.15) is 5.56 Å². The number of amides is 1. The predicted molar refractivity (Wildman–Crippen MR) is 83.9 cm³/mol. The highest BCUT2D eigenvalue weighted by Gasteiger charge is 2.32. The topological polar surface area (TPSA) is 87.3 Å². The highest BCUT2D eigenvalue weighted by molar-refractivity contribution is 7.89. The molecule has 0 aliphatic carbocycles. The van der Waals surface area contributed by atoms with Crippen LogP contribution in [0.2, 0.25) is 0 Å². The lowest BCUT2D eigenvalue weighted by atomic mass is 10.2. The number of anilines is 2. The first-order chi connectivity index (χ1) is 10.9. The van der Waals surface area contributed by atoms with Crippen LogP contribution in [0.3, 0.4) is 0 Å². The molecule has 1 heterocycles. The standard InChI is InChI=1S/C15H14FN3O3S/c1-9-6-7-10(8-11(9)16)17-15(20)14-18-12-4-2-3-5-13(12)23(21,22)19-14/h2-8,14,18-19H,1H3,(H,17,20)/t14-/m1/s1. The van der Waals surface area contributed by atoms with E-state index < -0.39 is 27.9 Å². The Kier molecular flexibility index (Phi) is 3.78. The Morgan fingerprint density at radius 2 is 1.96 bits per heavy atom. The van der Waals surface area contributed by atoms with Crippen LogP contribution >= 0.6 is 0 Å². The first kappa shape index (κ1) is 15.4. The first-order valence-electron chi connectivity index (χ1n) is 6.82. The van der Waals surface area contributed by atoms with E-state index in [2.05, 4.69) is 15.4 Å². The summed E-state index contributed by atoms with van der Waals surface area (Å²) in [6.07, 6.45) is -1.18. The van der Waals surface area contributed by atoms with Gasteiger partial charge in [0, 0.05) is 5.69 Å². The summed E-state index contributed by atoms with van der Waals surface area (Å²) in [6.45, 7) is 1.61. The number of carbonyl (C=O) groups excluding carboxylic acids is 1. The van der Waals surface area contributed by atoms with E-state index in [4.69, 9.17) is 0 Å². The van der Waals surface area contributed by atoms with Crippen molar-refractivity contribution in [2.75, 3.05) is 10.6 Å². The summed E-state index contributed by atoms with van der Waals surface area (Å²) in [5.41, 5.74) is 1.04. The van der Waals surface area contributed by atoms with Crippen LogP contribution in [0.4, 0.5) is 15.8 Å². The Morgan fingerprint density at radius 1 is 1.22 bits per heavy atom. The number of fused-ring (bicyclic) bond motifs is 1. The van der Waals surface area contributed by atoms with Gasteiger partial charge in [-0.1, -0.05) is 18.2 Å². The van der Waals surface area contributed by atoms with Crippen molar-refractivity contribution in [2.24, 2.45) is 0 Å². The Hall–Kier alpha value is -2.45. The number of rotatable bonds is 2. The maximum Gasteiger partial charge on any atom is 0.262 e. The Labute approximate surface area is 132 Å². The van der Waals surface area contributed by atoms with Crippen molar-refractivity contribution in [3.63, 3.8) is 0 Å². The predicted octanol–water partition coefficient (Wildman–Crippen LogP) is 1.80.